The summed E-state index contributed by atoms with van der Waals surface area (Å²) in [6.07, 6.45) is 2.36. The number of para-hydroxylation sites is 1. The molecule has 200 valence electrons. The Labute approximate surface area is 237 Å². The van der Waals surface area contributed by atoms with Gasteiger partial charge in [0.1, 0.15) is 5.54 Å². The quantitative estimate of drug-likeness (QED) is 0.264. The Bertz CT molecular complexity index is 1750. The summed E-state index contributed by atoms with van der Waals surface area (Å²) < 4.78 is 0.766. The number of carbonyl (C=O) groups excluding carboxylic acids is 4. The second-order valence-corrected chi connectivity index (χ2v) is 11.4. The Morgan fingerprint density at radius 3 is 2.58 bits per heavy atom. The van der Waals surface area contributed by atoms with Crippen molar-refractivity contribution in [3.63, 3.8) is 0 Å². The lowest BCUT2D eigenvalue weighted by atomic mass is 9.76. The van der Waals surface area contributed by atoms with Crippen molar-refractivity contribution in [1.82, 2.24) is 10.3 Å². The fraction of sp³-hybridized carbons (Fsp3) is 0.200. The molecule has 4 amide bonds. The minimum atomic E-state index is -1.40. The summed E-state index contributed by atoms with van der Waals surface area (Å²) in [6.45, 7) is 1.41. The van der Waals surface area contributed by atoms with E-state index in [1.165, 1.54) is 11.8 Å². The first-order valence-electron chi connectivity index (χ1n) is 13.0. The smallest absolute Gasteiger partial charge is 0.250 e. The van der Waals surface area contributed by atoms with Gasteiger partial charge >= 0.3 is 0 Å². The van der Waals surface area contributed by atoms with Crippen LogP contribution in [0.25, 0.3) is 10.9 Å². The zero-order valence-electron chi connectivity index (χ0n) is 21.3. The lowest BCUT2D eigenvalue weighted by molar-refractivity contribution is -0.130. The van der Waals surface area contributed by atoms with Gasteiger partial charge in [0.2, 0.25) is 23.6 Å². The van der Waals surface area contributed by atoms with Crippen LogP contribution in [-0.4, -0.2) is 34.7 Å². The summed E-state index contributed by atoms with van der Waals surface area (Å²) in [6, 6.07) is 19.5. The predicted molar refractivity (Wildman–Crippen MR) is 154 cm³/mol. The molecule has 3 aromatic carbocycles. The summed E-state index contributed by atoms with van der Waals surface area (Å²) in [5.74, 6) is -3.07. The average Bonchev–Trinajstić information content (AvgIpc) is 3.64. The monoisotopic (exact) mass is 597 g/mol. The van der Waals surface area contributed by atoms with Gasteiger partial charge in [-0.25, -0.2) is 4.90 Å². The summed E-state index contributed by atoms with van der Waals surface area (Å²) in [5, 5.41) is 10.2. The fourth-order valence-corrected chi connectivity index (χ4v) is 7.00. The number of carbonyl (C=O) groups is 4. The molecular formula is C30H24BrN5O4. The topological polar surface area (TPSA) is 123 Å². The van der Waals surface area contributed by atoms with Crippen LogP contribution in [0.5, 0.6) is 0 Å². The number of H-pyrrole nitrogens is 1. The number of nitrogens with zero attached hydrogens (tertiary/aromatic N) is 1. The minimum absolute atomic E-state index is 0.221. The summed E-state index contributed by atoms with van der Waals surface area (Å²) >= 11 is 3.51. The van der Waals surface area contributed by atoms with Gasteiger partial charge in [0.05, 0.1) is 17.5 Å². The number of benzene rings is 3. The molecule has 1 spiro atoms. The highest BCUT2D eigenvalue weighted by molar-refractivity contribution is 9.10. The second-order valence-electron chi connectivity index (χ2n) is 10.5. The van der Waals surface area contributed by atoms with Gasteiger partial charge < -0.3 is 15.6 Å². The minimum Gasteiger partial charge on any atom is -0.361 e. The summed E-state index contributed by atoms with van der Waals surface area (Å²) in [7, 11) is 0. The molecule has 4 aromatic rings. The third-order valence-electron chi connectivity index (χ3n) is 8.24. The van der Waals surface area contributed by atoms with Crippen molar-refractivity contribution in [1.29, 1.82) is 0 Å². The normalized spacial score (nSPS) is 25.0. The Morgan fingerprint density at radius 2 is 1.80 bits per heavy atom. The average molecular weight is 598 g/mol. The Hall–Kier alpha value is -4.28. The van der Waals surface area contributed by atoms with Gasteiger partial charge in [0, 0.05) is 51.5 Å². The van der Waals surface area contributed by atoms with E-state index in [1.807, 2.05) is 42.6 Å². The summed E-state index contributed by atoms with van der Waals surface area (Å²) in [4.78, 5) is 58.1. The molecule has 4 atom stereocenters. The van der Waals surface area contributed by atoms with E-state index in [0.717, 1.165) is 20.9 Å². The molecule has 10 heteroatoms. The molecule has 4 heterocycles. The Morgan fingerprint density at radius 1 is 1.02 bits per heavy atom. The molecule has 0 bridgehead atoms. The van der Waals surface area contributed by atoms with Crippen LogP contribution in [0.1, 0.15) is 18.1 Å². The molecule has 40 heavy (non-hydrogen) atoms. The molecule has 3 aliphatic heterocycles. The zero-order chi connectivity index (χ0) is 27.8. The molecule has 2 saturated heterocycles. The number of anilines is 3. The van der Waals surface area contributed by atoms with E-state index in [2.05, 4.69) is 36.9 Å². The van der Waals surface area contributed by atoms with Gasteiger partial charge in [0.25, 0.3) is 0 Å². The number of imide groups is 1. The SMILES string of the molecule is CC(=O)Nc1ccc(N2C(=O)[C@@H]3C(Cc4c[nH]c5ccccc45)NC4(C(=O)Nc5ccc(Br)cc54)[C@@H]3C2=O)cc1. The van der Waals surface area contributed by atoms with Gasteiger partial charge in [-0.2, -0.15) is 0 Å². The first kappa shape index (κ1) is 24.7. The number of hydrogen-bond acceptors (Lipinski definition) is 5. The molecule has 4 N–H and O–H groups in total. The van der Waals surface area contributed by atoms with Crippen LogP contribution in [0.2, 0.25) is 0 Å². The van der Waals surface area contributed by atoms with Crippen LogP contribution >= 0.6 is 15.9 Å². The molecule has 2 fully saturated rings. The maximum atomic E-state index is 14.2. The molecule has 2 unspecified atom stereocenters. The van der Waals surface area contributed by atoms with Crippen LogP contribution in [0, 0.1) is 11.8 Å². The number of aromatic nitrogens is 1. The third kappa shape index (κ3) is 3.49. The number of fused-ring (bicyclic) bond motifs is 5. The zero-order valence-corrected chi connectivity index (χ0v) is 22.9. The molecule has 3 aliphatic rings. The van der Waals surface area contributed by atoms with E-state index in [-0.39, 0.29) is 17.7 Å². The van der Waals surface area contributed by atoms with Crippen molar-refractivity contribution < 1.29 is 19.2 Å². The Kier molecular flexibility index (Phi) is 5.48. The van der Waals surface area contributed by atoms with Gasteiger partial charge in [0.15, 0.2) is 0 Å². The van der Waals surface area contributed by atoms with Crippen LogP contribution in [0.15, 0.2) is 77.4 Å². The second kappa shape index (κ2) is 8.87. The van der Waals surface area contributed by atoms with Gasteiger partial charge in [-0.15, -0.1) is 0 Å². The van der Waals surface area contributed by atoms with Gasteiger partial charge in [-0.1, -0.05) is 34.1 Å². The van der Waals surface area contributed by atoms with Crippen molar-refractivity contribution >= 4 is 67.5 Å². The Balaban J connectivity index is 1.34. The lowest BCUT2D eigenvalue weighted by Crippen LogP contribution is -2.53. The first-order valence-corrected chi connectivity index (χ1v) is 13.8. The van der Waals surface area contributed by atoms with Crippen molar-refractivity contribution in [2.75, 3.05) is 15.5 Å². The van der Waals surface area contributed by atoms with E-state index in [1.54, 1.807) is 30.3 Å². The highest BCUT2D eigenvalue weighted by Gasteiger charge is 2.70. The van der Waals surface area contributed by atoms with E-state index in [4.69, 9.17) is 0 Å². The highest BCUT2D eigenvalue weighted by Crippen LogP contribution is 2.54. The van der Waals surface area contributed by atoms with E-state index < -0.39 is 29.3 Å². The van der Waals surface area contributed by atoms with Crippen LogP contribution < -0.4 is 20.9 Å². The first-order chi connectivity index (χ1) is 19.3. The maximum Gasteiger partial charge on any atom is 0.250 e. The van der Waals surface area contributed by atoms with Crippen molar-refractivity contribution in [2.24, 2.45) is 11.8 Å². The third-order valence-corrected chi connectivity index (χ3v) is 8.73. The standard InChI is InChI=1S/C30H24BrN5O4/c1-15(37)33-18-7-9-19(10-8-18)36-27(38)25-24(12-16-14-32-22-5-3-2-4-20(16)22)35-30(26(25)28(36)39)21-13-17(31)6-11-23(21)34-29(30)40/h2-11,13-14,24-26,32,35H,12H2,1H3,(H,33,37)(H,34,40)/t24?,25-,26+,30?/m1/s1. The molecule has 7 rings (SSSR count). The number of nitrogens with one attached hydrogen (secondary N) is 4. The van der Waals surface area contributed by atoms with E-state index in [9.17, 15) is 19.2 Å². The van der Waals surface area contributed by atoms with Crippen LogP contribution in [0.3, 0.4) is 0 Å². The number of rotatable bonds is 4. The van der Waals surface area contributed by atoms with E-state index in [0.29, 0.717) is 29.0 Å². The molecule has 1 aromatic heterocycles. The van der Waals surface area contributed by atoms with Crippen LogP contribution in [-0.2, 0) is 31.1 Å². The number of amides is 4. The van der Waals surface area contributed by atoms with Gasteiger partial charge in [-0.3, -0.25) is 24.5 Å². The van der Waals surface area contributed by atoms with Crippen molar-refractivity contribution in [3.8, 4) is 0 Å². The largest absolute Gasteiger partial charge is 0.361 e. The molecule has 0 saturated carbocycles. The van der Waals surface area contributed by atoms with Gasteiger partial charge in [-0.05, 0) is 60.5 Å². The lowest BCUT2D eigenvalue weighted by Gasteiger charge is -2.29. The number of hydrogen-bond donors (Lipinski definition) is 4. The predicted octanol–water partition coefficient (Wildman–Crippen LogP) is 4.06. The van der Waals surface area contributed by atoms with Crippen molar-refractivity contribution in [2.45, 2.75) is 24.9 Å². The van der Waals surface area contributed by atoms with Crippen molar-refractivity contribution in [3.05, 3.63) is 88.5 Å². The molecular weight excluding hydrogens is 574 g/mol. The van der Waals surface area contributed by atoms with Crippen LogP contribution in [0.4, 0.5) is 17.1 Å². The van der Waals surface area contributed by atoms with E-state index >= 15 is 0 Å². The number of halogens is 1. The highest BCUT2D eigenvalue weighted by atomic mass is 79.9. The molecule has 9 nitrogen and oxygen atoms in total. The summed E-state index contributed by atoms with van der Waals surface area (Å²) in [5.41, 5.74) is 2.78. The maximum absolute atomic E-state index is 14.2. The molecule has 0 aliphatic carbocycles. The molecule has 0 radical (unpaired) electrons. The number of aromatic amines is 1. The fourth-order valence-electron chi connectivity index (χ4n) is 6.64.